The molecule has 34 heavy (non-hydrogen) atoms. The molecule has 0 saturated heterocycles. The van der Waals surface area contributed by atoms with Crippen LogP contribution in [0.3, 0.4) is 0 Å². The minimum absolute atomic E-state index is 0.0343. The first-order chi connectivity index (χ1) is 16.1. The molecule has 0 bridgehead atoms. The molecule has 0 aliphatic rings. The molecule has 188 valence electrons. The van der Waals surface area contributed by atoms with Crippen molar-refractivity contribution < 1.29 is 29.1 Å². The molecular weight excluding hydrogens is 440 g/mol. The van der Waals surface area contributed by atoms with Gasteiger partial charge in [-0.2, -0.15) is 0 Å². The number of amides is 3. The summed E-state index contributed by atoms with van der Waals surface area (Å²) in [6.07, 6.45) is 1.10. The number of nitrogens with zero attached hydrogens (tertiary/aromatic N) is 1. The first-order valence-corrected chi connectivity index (χ1v) is 11.4. The summed E-state index contributed by atoms with van der Waals surface area (Å²) in [4.78, 5) is 62.9. The first-order valence-electron chi connectivity index (χ1n) is 11.4. The van der Waals surface area contributed by atoms with Gasteiger partial charge in [0, 0.05) is 6.42 Å². The number of unbranched alkanes of at least 4 members (excludes halogenated alkanes) is 1. The normalized spacial score (nSPS) is 13.6. The predicted octanol–water partition coefficient (Wildman–Crippen LogP) is 0.614. The zero-order chi connectivity index (χ0) is 25.7. The van der Waals surface area contributed by atoms with Gasteiger partial charge in [-0.3, -0.25) is 24.1 Å². The van der Waals surface area contributed by atoms with Gasteiger partial charge in [0.1, 0.15) is 12.3 Å². The van der Waals surface area contributed by atoms with Gasteiger partial charge in [0.05, 0.1) is 18.5 Å². The minimum Gasteiger partial charge on any atom is -0.481 e. The highest BCUT2D eigenvalue weighted by atomic mass is 16.4. The average molecular weight is 477 g/mol. The van der Waals surface area contributed by atoms with Crippen LogP contribution in [0.2, 0.25) is 0 Å². The van der Waals surface area contributed by atoms with E-state index in [1.807, 2.05) is 30.3 Å². The molecule has 3 atom stereocenters. The topological polar surface area (TPSA) is 173 Å². The van der Waals surface area contributed by atoms with E-state index in [9.17, 15) is 24.0 Å². The van der Waals surface area contributed by atoms with Crippen molar-refractivity contribution >= 4 is 30.0 Å². The second-order valence-corrected chi connectivity index (χ2v) is 8.51. The zero-order valence-corrected chi connectivity index (χ0v) is 19.8. The Morgan fingerprint density at radius 1 is 1.12 bits per heavy atom. The van der Waals surface area contributed by atoms with Gasteiger partial charge in [0.15, 0.2) is 0 Å². The van der Waals surface area contributed by atoms with Crippen LogP contribution in [0.25, 0.3) is 0 Å². The van der Waals surface area contributed by atoms with Gasteiger partial charge in [-0.1, -0.05) is 44.2 Å². The molecule has 0 radical (unpaired) electrons. The third kappa shape index (κ3) is 9.40. The van der Waals surface area contributed by atoms with Crippen LogP contribution >= 0.6 is 0 Å². The van der Waals surface area contributed by atoms with Crippen LogP contribution in [-0.4, -0.2) is 64.7 Å². The van der Waals surface area contributed by atoms with Crippen LogP contribution in [0.5, 0.6) is 0 Å². The fraction of sp³-hybridized carbons (Fsp3) is 0.542. The molecule has 10 nitrogen and oxygen atoms in total. The molecule has 1 aromatic rings. The Balaban J connectivity index is 3.25. The molecule has 0 heterocycles. The van der Waals surface area contributed by atoms with Crippen molar-refractivity contribution in [1.82, 2.24) is 10.2 Å². The van der Waals surface area contributed by atoms with Crippen molar-refractivity contribution in [3.05, 3.63) is 35.9 Å². The summed E-state index contributed by atoms with van der Waals surface area (Å²) in [7, 11) is 0. The van der Waals surface area contributed by atoms with Crippen LogP contribution in [0.15, 0.2) is 30.3 Å². The Morgan fingerprint density at radius 3 is 2.29 bits per heavy atom. The molecule has 3 amide bonds. The summed E-state index contributed by atoms with van der Waals surface area (Å²) >= 11 is 0. The molecule has 0 saturated carbocycles. The lowest BCUT2D eigenvalue weighted by molar-refractivity contribution is -0.154. The summed E-state index contributed by atoms with van der Waals surface area (Å²) in [5, 5.41) is 11.3. The number of carboxylic acids is 1. The molecule has 0 fully saturated rings. The van der Waals surface area contributed by atoms with Crippen molar-refractivity contribution in [3.8, 4) is 0 Å². The summed E-state index contributed by atoms with van der Waals surface area (Å²) in [5.74, 6) is -3.61. The number of carboxylic acid groups (broad SMARTS) is 1. The van der Waals surface area contributed by atoms with Gasteiger partial charge in [-0.25, -0.2) is 0 Å². The van der Waals surface area contributed by atoms with Gasteiger partial charge in [0.25, 0.3) is 0 Å². The third-order valence-electron chi connectivity index (χ3n) is 5.41. The molecule has 0 aliphatic carbocycles. The van der Waals surface area contributed by atoms with Gasteiger partial charge in [-0.15, -0.1) is 0 Å². The number of carbonyl (C=O) groups excluding carboxylic acids is 4. The monoisotopic (exact) mass is 476 g/mol. The number of aryl methyl sites for hydroxylation is 1. The van der Waals surface area contributed by atoms with Crippen molar-refractivity contribution in [3.63, 3.8) is 0 Å². The quantitative estimate of drug-likeness (QED) is 0.210. The van der Waals surface area contributed by atoms with Gasteiger partial charge in [-0.05, 0) is 43.7 Å². The van der Waals surface area contributed by atoms with Crippen LogP contribution in [0.1, 0.15) is 51.5 Å². The lowest BCUT2D eigenvalue weighted by Gasteiger charge is -2.33. The molecule has 10 heteroatoms. The Labute approximate surface area is 200 Å². The van der Waals surface area contributed by atoms with E-state index >= 15 is 0 Å². The number of hydrogen-bond acceptors (Lipinski definition) is 7. The molecule has 6 N–H and O–H groups in total. The standard InChI is InChI=1S/C24H36N4O6/c1-16(2)22(26)24(34)28(20(30)12-11-17-8-4-3-5-9-17)19(10-6-7-13-25)23(33)27-18(15-29)14-21(31)32/h3-5,8-9,15-16,18-19,22H,6-7,10-14,25-26H2,1-2H3,(H,27,33)(H,31,32)/t18?,19-,22-/m0/s1. The molecule has 0 aromatic heterocycles. The number of imide groups is 1. The number of benzene rings is 1. The first kappa shape index (κ1) is 28.9. The predicted molar refractivity (Wildman–Crippen MR) is 126 cm³/mol. The van der Waals surface area contributed by atoms with E-state index in [-0.39, 0.29) is 18.8 Å². The van der Waals surface area contributed by atoms with Crippen molar-refractivity contribution in [2.24, 2.45) is 17.4 Å². The summed E-state index contributed by atoms with van der Waals surface area (Å²) in [6, 6.07) is 5.66. The highest BCUT2D eigenvalue weighted by Crippen LogP contribution is 2.17. The number of aldehydes is 1. The lowest BCUT2D eigenvalue weighted by atomic mass is 9.99. The maximum absolute atomic E-state index is 13.3. The van der Waals surface area contributed by atoms with Crippen molar-refractivity contribution in [2.45, 2.75) is 70.5 Å². The summed E-state index contributed by atoms with van der Waals surface area (Å²) in [5.41, 5.74) is 12.5. The largest absolute Gasteiger partial charge is 0.481 e. The van der Waals surface area contributed by atoms with E-state index in [4.69, 9.17) is 16.6 Å². The summed E-state index contributed by atoms with van der Waals surface area (Å²) in [6.45, 7) is 3.81. The van der Waals surface area contributed by atoms with Gasteiger partial charge >= 0.3 is 5.97 Å². The van der Waals surface area contributed by atoms with Crippen LogP contribution in [0.4, 0.5) is 0 Å². The second-order valence-electron chi connectivity index (χ2n) is 8.51. The number of aliphatic carboxylic acids is 1. The number of carbonyl (C=O) groups is 5. The van der Waals surface area contributed by atoms with E-state index in [0.717, 1.165) is 10.5 Å². The van der Waals surface area contributed by atoms with E-state index < -0.39 is 48.2 Å². The second kappa shape index (κ2) is 14.9. The van der Waals surface area contributed by atoms with Crippen molar-refractivity contribution in [1.29, 1.82) is 0 Å². The SMILES string of the molecule is CC(C)[C@H](N)C(=O)N(C(=O)CCc1ccccc1)[C@@H](CCCCN)C(=O)NC(C=O)CC(=O)O. The van der Waals surface area contributed by atoms with E-state index in [1.165, 1.54) is 0 Å². The maximum Gasteiger partial charge on any atom is 0.305 e. The Kier molecular flexibility index (Phi) is 12.7. The number of nitrogens with one attached hydrogen (secondary N) is 1. The average Bonchev–Trinajstić information content (AvgIpc) is 2.81. The van der Waals surface area contributed by atoms with Gasteiger partial charge in [0.2, 0.25) is 17.7 Å². The maximum atomic E-state index is 13.3. The molecule has 1 aromatic carbocycles. The zero-order valence-electron chi connectivity index (χ0n) is 19.8. The molecule has 1 rings (SSSR count). The molecular formula is C24H36N4O6. The van der Waals surface area contributed by atoms with E-state index in [1.54, 1.807) is 13.8 Å². The highest BCUT2D eigenvalue weighted by Gasteiger charge is 2.38. The molecule has 1 unspecified atom stereocenters. The molecule has 0 aliphatic heterocycles. The van der Waals surface area contributed by atoms with Crippen LogP contribution in [-0.2, 0) is 30.4 Å². The fourth-order valence-electron chi connectivity index (χ4n) is 3.37. The number of rotatable bonds is 15. The van der Waals surface area contributed by atoms with E-state index in [2.05, 4.69) is 5.32 Å². The minimum atomic E-state index is -1.29. The number of hydrogen-bond donors (Lipinski definition) is 4. The van der Waals surface area contributed by atoms with Crippen LogP contribution < -0.4 is 16.8 Å². The fourth-order valence-corrected chi connectivity index (χ4v) is 3.37. The smallest absolute Gasteiger partial charge is 0.305 e. The summed E-state index contributed by atoms with van der Waals surface area (Å²) < 4.78 is 0. The van der Waals surface area contributed by atoms with E-state index in [0.29, 0.717) is 32.1 Å². The Hall–Kier alpha value is -3.11. The Bertz CT molecular complexity index is 830. The third-order valence-corrected chi connectivity index (χ3v) is 5.41. The van der Waals surface area contributed by atoms with Gasteiger partial charge < -0.3 is 26.7 Å². The Morgan fingerprint density at radius 2 is 1.76 bits per heavy atom. The van der Waals surface area contributed by atoms with Crippen molar-refractivity contribution in [2.75, 3.05) is 6.54 Å². The van der Waals surface area contributed by atoms with Crippen LogP contribution in [0, 0.1) is 5.92 Å². The molecule has 0 spiro atoms. The number of nitrogens with two attached hydrogens (primary N) is 2. The highest BCUT2D eigenvalue weighted by molar-refractivity contribution is 6.02. The lowest BCUT2D eigenvalue weighted by Crippen LogP contribution is -2.58.